The molecule has 0 aliphatic carbocycles. The largest absolute Gasteiger partial charge is 0.332 e. The number of aromatic amines is 1. The van der Waals surface area contributed by atoms with Crippen molar-refractivity contribution < 1.29 is 4.79 Å². The van der Waals surface area contributed by atoms with Crippen molar-refractivity contribution in [2.24, 2.45) is 0 Å². The first-order valence-corrected chi connectivity index (χ1v) is 6.81. The first-order chi connectivity index (χ1) is 9.74. The fraction of sp³-hybridized carbons (Fsp3) is 0.429. The molecule has 1 saturated heterocycles. The first kappa shape index (κ1) is 12.8. The van der Waals surface area contributed by atoms with Crippen LogP contribution in [0.4, 0.5) is 0 Å². The van der Waals surface area contributed by atoms with Crippen molar-refractivity contribution in [2.75, 3.05) is 6.54 Å². The van der Waals surface area contributed by atoms with Gasteiger partial charge in [0.2, 0.25) is 5.91 Å². The minimum Gasteiger partial charge on any atom is -0.332 e. The number of carbonyl (C=O) groups excluding carboxylic acids is 1. The fourth-order valence-electron chi connectivity index (χ4n) is 2.62. The number of hydrogen-bond donors (Lipinski definition) is 1. The Hall–Kier alpha value is -2.24. The van der Waals surface area contributed by atoms with Gasteiger partial charge in [0.1, 0.15) is 5.82 Å². The summed E-state index contributed by atoms with van der Waals surface area (Å²) in [6.45, 7) is 2.65. The van der Waals surface area contributed by atoms with Crippen LogP contribution in [0, 0.1) is 6.92 Å². The third kappa shape index (κ3) is 2.54. The molecule has 1 unspecified atom stereocenters. The molecule has 0 radical (unpaired) electrons. The van der Waals surface area contributed by atoms with E-state index in [1.807, 2.05) is 24.0 Å². The molecule has 1 aliphatic rings. The minimum absolute atomic E-state index is 0.00860. The summed E-state index contributed by atoms with van der Waals surface area (Å²) < 4.78 is 0. The highest BCUT2D eigenvalue weighted by Gasteiger charge is 2.32. The van der Waals surface area contributed by atoms with E-state index in [-0.39, 0.29) is 11.9 Å². The van der Waals surface area contributed by atoms with Gasteiger partial charge in [-0.05, 0) is 37.5 Å². The zero-order chi connectivity index (χ0) is 13.9. The van der Waals surface area contributed by atoms with Crippen LogP contribution in [-0.4, -0.2) is 37.5 Å². The van der Waals surface area contributed by atoms with E-state index in [1.54, 1.807) is 12.4 Å². The molecule has 2 aromatic heterocycles. The maximum absolute atomic E-state index is 12.4. The molecule has 1 fully saturated rings. The molecule has 0 saturated carbocycles. The fourth-order valence-corrected chi connectivity index (χ4v) is 2.62. The number of aromatic nitrogens is 4. The second-order valence-corrected chi connectivity index (χ2v) is 5.06. The smallest absolute Gasteiger partial charge is 0.227 e. The molecule has 2 aromatic rings. The highest BCUT2D eigenvalue weighted by molar-refractivity contribution is 5.79. The van der Waals surface area contributed by atoms with Gasteiger partial charge in [0.05, 0.1) is 12.5 Å². The Kier molecular flexibility index (Phi) is 3.45. The topological polar surface area (TPSA) is 74.8 Å². The number of hydrogen-bond acceptors (Lipinski definition) is 4. The van der Waals surface area contributed by atoms with Gasteiger partial charge >= 0.3 is 0 Å². The number of H-pyrrole nitrogens is 1. The lowest BCUT2D eigenvalue weighted by Gasteiger charge is -2.22. The molecular formula is C14H17N5O. The van der Waals surface area contributed by atoms with Crippen molar-refractivity contribution in [3.05, 3.63) is 41.7 Å². The van der Waals surface area contributed by atoms with Crippen LogP contribution >= 0.6 is 0 Å². The van der Waals surface area contributed by atoms with Crippen molar-refractivity contribution in [1.29, 1.82) is 0 Å². The number of amides is 1. The third-order valence-electron chi connectivity index (χ3n) is 3.59. The summed E-state index contributed by atoms with van der Waals surface area (Å²) >= 11 is 0. The van der Waals surface area contributed by atoms with E-state index < -0.39 is 0 Å². The predicted molar refractivity (Wildman–Crippen MR) is 72.7 cm³/mol. The van der Waals surface area contributed by atoms with Gasteiger partial charge in [0, 0.05) is 18.9 Å². The molecular weight excluding hydrogens is 254 g/mol. The standard InChI is InChI=1S/C14H17N5O/c1-10-16-14(18-17-10)12-3-2-8-19(12)13(20)9-11-4-6-15-7-5-11/h4-7,12H,2-3,8-9H2,1H3,(H,16,17,18). The molecule has 1 N–H and O–H groups in total. The maximum Gasteiger partial charge on any atom is 0.227 e. The van der Waals surface area contributed by atoms with Crippen LogP contribution in [0.1, 0.15) is 36.1 Å². The monoisotopic (exact) mass is 271 g/mol. The number of aryl methyl sites for hydroxylation is 1. The minimum atomic E-state index is 0.00860. The number of nitrogens with zero attached hydrogens (tertiary/aromatic N) is 4. The highest BCUT2D eigenvalue weighted by Crippen LogP contribution is 2.30. The second kappa shape index (κ2) is 5.40. The number of likely N-dealkylation sites (tertiary alicyclic amines) is 1. The lowest BCUT2D eigenvalue weighted by Crippen LogP contribution is -2.32. The molecule has 0 bridgehead atoms. The van der Waals surface area contributed by atoms with E-state index >= 15 is 0 Å². The van der Waals surface area contributed by atoms with E-state index in [1.165, 1.54) is 0 Å². The normalized spacial score (nSPS) is 18.4. The lowest BCUT2D eigenvalue weighted by molar-refractivity contribution is -0.131. The van der Waals surface area contributed by atoms with Crippen molar-refractivity contribution in [2.45, 2.75) is 32.2 Å². The Morgan fingerprint density at radius 1 is 1.45 bits per heavy atom. The van der Waals surface area contributed by atoms with Crippen LogP contribution in [0.3, 0.4) is 0 Å². The highest BCUT2D eigenvalue weighted by atomic mass is 16.2. The average molecular weight is 271 g/mol. The number of carbonyl (C=O) groups is 1. The molecule has 1 aliphatic heterocycles. The van der Waals surface area contributed by atoms with Crippen LogP contribution < -0.4 is 0 Å². The summed E-state index contributed by atoms with van der Waals surface area (Å²) in [5.74, 6) is 1.64. The van der Waals surface area contributed by atoms with Crippen LogP contribution in [0.5, 0.6) is 0 Å². The van der Waals surface area contributed by atoms with Gasteiger partial charge in [0.25, 0.3) is 0 Å². The van der Waals surface area contributed by atoms with Crippen LogP contribution in [0.2, 0.25) is 0 Å². The van der Waals surface area contributed by atoms with E-state index in [0.29, 0.717) is 6.42 Å². The predicted octanol–water partition coefficient (Wildman–Crippen LogP) is 1.41. The Bertz CT molecular complexity index is 595. The van der Waals surface area contributed by atoms with Gasteiger partial charge in [-0.25, -0.2) is 4.98 Å². The second-order valence-electron chi connectivity index (χ2n) is 5.06. The van der Waals surface area contributed by atoms with Crippen molar-refractivity contribution in [3.63, 3.8) is 0 Å². The molecule has 0 aromatic carbocycles. The summed E-state index contributed by atoms with van der Waals surface area (Å²) in [5.41, 5.74) is 0.988. The van der Waals surface area contributed by atoms with Crippen molar-refractivity contribution in [3.8, 4) is 0 Å². The molecule has 0 spiro atoms. The molecule has 20 heavy (non-hydrogen) atoms. The first-order valence-electron chi connectivity index (χ1n) is 6.81. The Balaban J connectivity index is 1.73. The van der Waals surface area contributed by atoms with Crippen molar-refractivity contribution in [1.82, 2.24) is 25.1 Å². The molecule has 3 rings (SSSR count). The van der Waals surface area contributed by atoms with E-state index in [2.05, 4.69) is 20.2 Å². The van der Waals surface area contributed by atoms with Crippen molar-refractivity contribution >= 4 is 5.91 Å². The van der Waals surface area contributed by atoms with E-state index in [0.717, 1.165) is 36.6 Å². The summed E-state index contributed by atoms with van der Waals surface area (Å²) in [5, 5.41) is 7.04. The Morgan fingerprint density at radius 2 is 2.25 bits per heavy atom. The van der Waals surface area contributed by atoms with Gasteiger partial charge in [-0.2, -0.15) is 5.10 Å². The van der Waals surface area contributed by atoms with Gasteiger partial charge in [-0.1, -0.05) is 0 Å². The maximum atomic E-state index is 12.4. The van der Waals surface area contributed by atoms with Crippen LogP contribution in [0.15, 0.2) is 24.5 Å². The number of rotatable bonds is 3. The zero-order valence-corrected chi connectivity index (χ0v) is 11.4. The number of pyridine rings is 1. The Morgan fingerprint density at radius 3 is 2.95 bits per heavy atom. The summed E-state index contributed by atoms with van der Waals surface area (Å²) in [6, 6.07) is 3.76. The quantitative estimate of drug-likeness (QED) is 0.916. The van der Waals surface area contributed by atoms with Gasteiger partial charge in [-0.15, -0.1) is 0 Å². The lowest BCUT2D eigenvalue weighted by atomic mass is 10.1. The van der Waals surface area contributed by atoms with E-state index in [9.17, 15) is 4.79 Å². The molecule has 104 valence electrons. The summed E-state index contributed by atoms with van der Waals surface area (Å²) in [6.07, 6.45) is 5.76. The average Bonchev–Trinajstić information content (AvgIpc) is 3.08. The molecule has 6 nitrogen and oxygen atoms in total. The summed E-state index contributed by atoms with van der Waals surface area (Å²) in [7, 11) is 0. The van der Waals surface area contributed by atoms with Gasteiger partial charge < -0.3 is 4.90 Å². The summed E-state index contributed by atoms with van der Waals surface area (Å²) in [4.78, 5) is 22.7. The Labute approximate surface area is 117 Å². The third-order valence-corrected chi connectivity index (χ3v) is 3.59. The van der Waals surface area contributed by atoms with Crippen LogP contribution in [-0.2, 0) is 11.2 Å². The SMILES string of the molecule is Cc1nc(C2CCCN2C(=O)Cc2ccncc2)n[nH]1. The molecule has 1 atom stereocenters. The van der Waals surface area contributed by atoms with Gasteiger partial charge in [0.15, 0.2) is 5.82 Å². The molecule has 6 heteroatoms. The van der Waals surface area contributed by atoms with E-state index in [4.69, 9.17) is 0 Å². The van der Waals surface area contributed by atoms with Crippen LogP contribution in [0.25, 0.3) is 0 Å². The molecule has 1 amide bonds. The zero-order valence-electron chi connectivity index (χ0n) is 11.4. The number of nitrogens with one attached hydrogen (secondary N) is 1. The molecule has 3 heterocycles. The van der Waals surface area contributed by atoms with Gasteiger partial charge in [-0.3, -0.25) is 14.9 Å².